The van der Waals surface area contributed by atoms with Gasteiger partial charge in [0, 0.05) is 11.6 Å². The number of hydrogen-bond donors (Lipinski definition) is 2. The number of aromatic hydroxyl groups is 1. The molecule has 2 aromatic rings. The van der Waals surface area contributed by atoms with E-state index >= 15 is 0 Å². The van der Waals surface area contributed by atoms with Gasteiger partial charge in [0.05, 0.1) is 7.11 Å². The zero-order chi connectivity index (χ0) is 11.5. The maximum absolute atomic E-state index is 10.0. The van der Waals surface area contributed by atoms with Crippen molar-refractivity contribution >= 4 is 11.3 Å². The standard InChI is InChI=1S/C11H11NO3S/c1-15-9-6-7(2-3-8(9)13)10(14)11-12-4-5-16-11/h2-6,10,13-14H,1H3. The number of aromatic nitrogens is 1. The number of hydrogen-bond acceptors (Lipinski definition) is 5. The average molecular weight is 237 g/mol. The van der Waals surface area contributed by atoms with Crippen molar-refractivity contribution in [2.75, 3.05) is 7.11 Å². The summed E-state index contributed by atoms with van der Waals surface area (Å²) >= 11 is 1.38. The average Bonchev–Trinajstić information content (AvgIpc) is 2.82. The fourth-order valence-corrected chi connectivity index (χ4v) is 2.02. The predicted molar refractivity (Wildman–Crippen MR) is 60.8 cm³/mol. The second-order valence-corrected chi connectivity index (χ2v) is 4.13. The van der Waals surface area contributed by atoms with E-state index in [1.807, 2.05) is 0 Å². The first kappa shape index (κ1) is 10.9. The minimum atomic E-state index is -0.783. The lowest BCUT2D eigenvalue weighted by Gasteiger charge is -2.10. The summed E-state index contributed by atoms with van der Waals surface area (Å²) < 4.78 is 4.98. The molecule has 0 fully saturated rings. The largest absolute Gasteiger partial charge is 0.504 e. The molecule has 0 saturated heterocycles. The van der Waals surface area contributed by atoms with Crippen molar-refractivity contribution in [1.29, 1.82) is 0 Å². The molecule has 0 aliphatic rings. The van der Waals surface area contributed by atoms with Crippen LogP contribution in [-0.2, 0) is 0 Å². The highest BCUT2D eigenvalue weighted by atomic mass is 32.1. The number of methoxy groups -OCH3 is 1. The molecule has 84 valence electrons. The molecule has 1 aromatic heterocycles. The Kier molecular flexibility index (Phi) is 3.07. The van der Waals surface area contributed by atoms with Gasteiger partial charge in [-0.15, -0.1) is 11.3 Å². The van der Waals surface area contributed by atoms with Crippen LogP contribution >= 0.6 is 11.3 Å². The number of thiazole rings is 1. The fourth-order valence-electron chi connectivity index (χ4n) is 1.38. The number of phenolic OH excluding ortho intramolecular Hbond substituents is 1. The van der Waals surface area contributed by atoms with E-state index in [1.54, 1.807) is 23.7 Å². The first-order valence-electron chi connectivity index (χ1n) is 4.66. The SMILES string of the molecule is COc1cc(C(O)c2nccs2)ccc1O. The lowest BCUT2D eigenvalue weighted by molar-refractivity contribution is 0.219. The van der Waals surface area contributed by atoms with Gasteiger partial charge < -0.3 is 14.9 Å². The molecule has 0 aliphatic carbocycles. The quantitative estimate of drug-likeness (QED) is 0.856. The summed E-state index contributed by atoms with van der Waals surface area (Å²) in [6.07, 6.45) is 0.857. The van der Waals surface area contributed by atoms with Gasteiger partial charge in [0.25, 0.3) is 0 Å². The lowest BCUT2D eigenvalue weighted by atomic mass is 10.1. The first-order chi connectivity index (χ1) is 7.72. The molecule has 1 unspecified atom stereocenters. The normalized spacial score (nSPS) is 12.4. The Morgan fingerprint density at radius 3 is 2.88 bits per heavy atom. The van der Waals surface area contributed by atoms with Crippen LogP contribution in [0.5, 0.6) is 11.5 Å². The van der Waals surface area contributed by atoms with Gasteiger partial charge in [-0.1, -0.05) is 6.07 Å². The Morgan fingerprint density at radius 2 is 2.25 bits per heavy atom. The highest BCUT2D eigenvalue weighted by molar-refractivity contribution is 7.09. The predicted octanol–water partition coefficient (Wildman–Crippen LogP) is 1.94. The zero-order valence-electron chi connectivity index (χ0n) is 8.62. The van der Waals surface area contributed by atoms with Crippen LogP contribution in [0.1, 0.15) is 16.7 Å². The highest BCUT2D eigenvalue weighted by Crippen LogP contribution is 2.31. The Balaban J connectivity index is 2.34. The highest BCUT2D eigenvalue weighted by Gasteiger charge is 2.14. The van der Waals surface area contributed by atoms with Crippen molar-refractivity contribution in [1.82, 2.24) is 4.98 Å². The number of aliphatic hydroxyl groups is 1. The number of aliphatic hydroxyl groups excluding tert-OH is 1. The van der Waals surface area contributed by atoms with Crippen molar-refractivity contribution in [2.24, 2.45) is 0 Å². The van der Waals surface area contributed by atoms with Crippen molar-refractivity contribution in [3.05, 3.63) is 40.3 Å². The molecule has 0 spiro atoms. The van der Waals surface area contributed by atoms with Crippen LogP contribution in [0.25, 0.3) is 0 Å². The summed E-state index contributed by atoms with van der Waals surface area (Å²) in [6, 6.07) is 4.73. The van der Waals surface area contributed by atoms with Gasteiger partial charge in [0.1, 0.15) is 11.1 Å². The Labute approximate surface area is 96.8 Å². The van der Waals surface area contributed by atoms with E-state index in [2.05, 4.69) is 4.98 Å². The van der Waals surface area contributed by atoms with Crippen LogP contribution in [0.15, 0.2) is 29.8 Å². The number of rotatable bonds is 3. The number of ether oxygens (including phenoxy) is 1. The lowest BCUT2D eigenvalue weighted by Crippen LogP contribution is -1.99. The van der Waals surface area contributed by atoms with Gasteiger partial charge in [0.15, 0.2) is 11.5 Å². The van der Waals surface area contributed by atoms with Crippen LogP contribution in [-0.4, -0.2) is 22.3 Å². The van der Waals surface area contributed by atoms with Crippen LogP contribution in [0, 0.1) is 0 Å². The molecule has 16 heavy (non-hydrogen) atoms. The molecular formula is C11H11NO3S. The third-order valence-electron chi connectivity index (χ3n) is 2.20. The molecule has 0 saturated carbocycles. The molecule has 2 rings (SSSR count). The summed E-state index contributed by atoms with van der Waals surface area (Å²) in [6.45, 7) is 0. The number of benzene rings is 1. The monoisotopic (exact) mass is 237 g/mol. The molecule has 0 amide bonds. The Bertz CT molecular complexity index is 470. The molecule has 1 aromatic carbocycles. The molecule has 0 aliphatic heterocycles. The van der Waals surface area contributed by atoms with Crippen molar-refractivity contribution in [3.63, 3.8) is 0 Å². The summed E-state index contributed by atoms with van der Waals surface area (Å²) in [5.41, 5.74) is 0.643. The van der Waals surface area contributed by atoms with Gasteiger partial charge in [-0.3, -0.25) is 0 Å². The third-order valence-corrected chi connectivity index (χ3v) is 3.03. The summed E-state index contributed by atoms with van der Waals surface area (Å²) in [7, 11) is 1.47. The van der Waals surface area contributed by atoms with Gasteiger partial charge in [-0.05, 0) is 17.7 Å². The Morgan fingerprint density at radius 1 is 1.44 bits per heavy atom. The van der Waals surface area contributed by atoms with Crippen molar-refractivity contribution < 1.29 is 14.9 Å². The second kappa shape index (κ2) is 4.51. The van der Waals surface area contributed by atoms with Crippen LogP contribution < -0.4 is 4.74 Å². The van der Waals surface area contributed by atoms with Crippen LogP contribution in [0.2, 0.25) is 0 Å². The summed E-state index contributed by atoms with van der Waals surface area (Å²) in [5, 5.41) is 21.9. The molecule has 2 N–H and O–H groups in total. The molecule has 5 heteroatoms. The van der Waals surface area contributed by atoms with E-state index in [1.165, 1.54) is 24.5 Å². The second-order valence-electron chi connectivity index (χ2n) is 3.20. The third kappa shape index (κ3) is 2.00. The van der Waals surface area contributed by atoms with E-state index in [4.69, 9.17) is 4.74 Å². The van der Waals surface area contributed by atoms with E-state index in [0.717, 1.165) is 0 Å². The van der Waals surface area contributed by atoms with Crippen molar-refractivity contribution in [2.45, 2.75) is 6.10 Å². The first-order valence-corrected chi connectivity index (χ1v) is 5.54. The van der Waals surface area contributed by atoms with E-state index in [9.17, 15) is 10.2 Å². The zero-order valence-corrected chi connectivity index (χ0v) is 9.44. The van der Waals surface area contributed by atoms with E-state index in [-0.39, 0.29) is 5.75 Å². The topological polar surface area (TPSA) is 62.6 Å². The molecule has 4 nitrogen and oxygen atoms in total. The van der Waals surface area contributed by atoms with Gasteiger partial charge >= 0.3 is 0 Å². The van der Waals surface area contributed by atoms with Gasteiger partial charge in [0.2, 0.25) is 0 Å². The maximum Gasteiger partial charge on any atom is 0.160 e. The molecule has 1 atom stereocenters. The van der Waals surface area contributed by atoms with Crippen LogP contribution in [0.3, 0.4) is 0 Å². The Hall–Kier alpha value is -1.59. The van der Waals surface area contributed by atoms with Crippen LogP contribution in [0.4, 0.5) is 0 Å². The molecule has 1 heterocycles. The van der Waals surface area contributed by atoms with Crippen molar-refractivity contribution in [3.8, 4) is 11.5 Å². The molecular weight excluding hydrogens is 226 g/mol. The minimum absolute atomic E-state index is 0.0533. The minimum Gasteiger partial charge on any atom is -0.504 e. The van der Waals surface area contributed by atoms with E-state index in [0.29, 0.717) is 16.3 Å². The smallest absolute Gasteiger partial charge is 0.160 e. The number of phenols is 1. The van der Waals surface area contributed by atoms with E-state index < -0.39 is 6.10 Å². The summed E-state index contributed by atoms with van der Waals surface area (Å²) in [4.78, 5) is 4.04. The van der Waals surface area contributed by atoms with Gasteiger partial charge in [-0.2, -0.15) is 0 Å². The number of nitrogens with zero attached hydrogens (tertiary/aromatic N) is 1. The maximum atomic E-state index is 10.0. The fraction of sp³-hybridized carbons (Fsp3) is 0.182. The molecule has 0 bridgehead atoms. The molecule has 0 radical (unpaired) electrons. The summed E-state index contributed by atoms with van der Waals surface area (Å²) in [5.74, 6) is 0.394. The van der Waals surface area contributed by atoms with Gasteiger partial charge in [-0.25, -0.2) is 4.98 Å².